The first-order chi connectivity index (χ1) is 34.4. The molecule has 6 rings (SSSR count). The average molecular weight is 1010 g/mol. The number of carbonyl (C=O) groups excluding carboxylic acids is 5. The molecule has 0 aromatic rings. The minimum Gasteiger partial charge on any atom is -0.460 e. The lowest BCUT2D eigenvalue weighted by Crippen LogP contribution is -2.65. The standard InChI is InChI=1S/C56H86N2O12.CH4O/c1-34-13-10-9-11-14-35(2)29-37(4)50(60)52(67-8)51(61)38(5)30-36(3)45(59)33-47-44(31-41-18-21-46(48(32-41)66-7)68-28-24-40-22-25-57-26-23-40)43-15-12-27-58(49(43)55(64)69-47)54(63)53(62)56(65)39(6)17-20-42(70-56)19-16-34;1-2/h9-11,13-14,30,35-37,39-44,46-49,51-52,57,61,65H,12,15-29,31-33H2,1-8H3;2H,1H3/b10-9+,14-11+,34-13+,38-30+;/t35-,36-,37?,39?,41?,42-,43?,44+,46-,47+,48?,49?,51?,52+,56?;/m1./s1. The number of Topliss-reactive ketones (excluding diaryl/α,β-unsaturated/α-hetero) is 3. The smallest absolute Gasteiger partial charge is 0.329 e. The van der Waals surface area contributed by atoms with Crippen molar-refractivity contribution < 1.29 is 63.0 Å². The molecule has 4 N–H and O–H groups in total. The molecule has 0 spiro atoms. The fourth-order valence-corrected chi connectivity index (χ4v) is 12.4. The van der Waals surface area contributed by atoms with Gasteiger partial charge in [-0.3, -0.25) is 19.2 Å². The Labute approximate surface area is 429 Å². The number of esters is 1. The predicted octanol–water partition coefficient (Wildman–Crippen LogP) is 6.80. The van der Waals surface area contributed by atoms with E-state index in [1.165, 1.54) is 12.0 Å². The van der Waals surface area contributed by atoms with E-state index in [0.717, 1.165) is 64.3 Å². The first-order valence-corrected chi connectivity index (χ1v) is 27.2. The number of ether oxygens (including phenoxy) is 5. The van der Waals surface area contributed by atoms with Crippen molar-refractivity contribution in [3.63, 3.8) is 0 Å². The third-order valence-electron chi connectivity index (χ3n) is 16.8. The molecule has 4 saturated heterocycles. The van der Waals surface area contributed by atoms with Crippen LogP contribution in [0.25, 0.3) is 0 Å². The van der Waals surface area contributed by atoms with Gasteiger partial charge in [-0.05, 0) is 146 Å². The summed E-state index contributed by atoms with van der Waals surface area (Å²) in [6.07, 6.45) is 17.8. The summed E-state index contributed by atoms with van der Waals surface area (Å²) in [5.41, 5.74) is 1.50. The molecular formula is C57H90N2O13. The largest absolute Gasteiger partial charge is 0.460 e. The van der Waals surface area contributed by atoms with Gasteiger partial charge in [0.1, 0.15) is 30.1 Å². The SMILES string of the molecule is CO.COC1CC(C[C@H]2C3CCCN4C(=O)C(=O)C5(O)O[C@H](CC/C(C)=C/C=C/C=C/[C@@H](C)CC(C)C(=O)[C@H](OC)C(O)/C(C)=C/[C@@H](C)C(=O)C[C@@H]2OC(=O)C34)CCC5C)CC[C@H]1OCCC1CCNCC1. The summed E-state index contributed by atoms with van der Waals surface area (Å²) in [4.78, 5) is 72.7. The van der Waals surface area contributed by atoms with E-state index in [9.17, 15) is 34.2 Å². The van der Waals surface area contributed by atoms with Gasteiger partial charge in [0.25, 0.3) is 11.7 Å². The molecule has 15 heteroatoms. The number of carbonyl (C=O) groups is 5. The fraction of sp³-hybridized carbons (Fsp3) is 0.772. The van der Waals surface area contributed by atoms with Crippen LogP contribution in [0.2, 0.25) is 0 Å². The zero-order valence-electron chi connectivity index (χ0n) is 44.9. The Hall–Kier alpha value is -3.41. The molecular weight excluding hydrogens is 921 g/mol. The van der Waals surface area contributed by atoms with Crippen molar-refractivity contribution in [1.29, 1.82) is 0 Å². The second kappa shape index (κ2) is 28.5. The first kappa shape index (κ1) is 59.5. The molecule has 5 fully saturated rings. The highest BCUT2D eigenvalue weighted by Crippen LogP contribution is 2.45. The molecule has 6 aliphatic rings. The van der Waals surface area contributed by atoms with Gasteiger partial charge < -0.3 is 49.2 Å². The van der Waals surface area contributed by atoms with Gasteiger partial charge in [-0.2, -0.15) is 0 Å². The Balaban J connectivity index is 0.00000475. The number of fused-ring (bicyclic) bond motifs is 4. The van der Waals surface area contributed by atoms with E-state index >= 15 is 0 Å². The van der Waals surface area contributed by atoms with Crippen LogP contribution in [0.1, 0.15) is 138 Å². The van der Waals surface area contributed by atoms with Gasteiger partial charge in [0.2, 0.25) is 5.79 Å². The Bertz CT molecular complexity index is 1930. The van der Waals surface area contributed by atoms with Crippen LogP contribution in [0, 0.1) is 47.3 Å². The highest BCUT2D eigenvalue weighted by Gasteiger charge is 2.57. The Kier molecular flexibility index (Phi) is 23.5. The van der Waals surface area contributed by atoms with Gasteiger partial charge in [-0.1, -0.05) is 69.7 Å². The number of allylic oxidation sites excluding steroid dienone is 7. The minimum absolute atomic E-state index is 0.0444. The van der Waals surface area contributed by atoms with E-state index in [4.69, 9.17) is 28.8 Å². The van der Waals surface area contributed by atoms with Gasteiger partial charge in [-0.25, -0.2) is 4.79 Å². The normalized spacial score (nSPS) is 39.9. The maximum atomic E-state index is 14.5. The van der Waals surface area contributed by atoms with E-state index in [0.29, 0.717) is 69.5 Å². The molecule has 5 aliphatic heterocycles. The maximum Gasteiger partial charge on any atom is 0.329 e. The number of rotatable bonds is 8. The molecule has 1 aliphatic carbocycles. The molecule has 4 bridgehead atoms. The van der Waals surface area contributed by atoms with E-state index in [1.54, 1.807) is 34.0 Å². The molecule has 0 radical (unpaired) electrons. The van der Waals surface area contributed by atoms with Gasteiger partial charge in [0.05, 0.1) is 18.3 Å². The van der Waals surface area contributed by atoms with E-state index in [1.807, 2.05) is 51.2 Å². The molecule has 0 aromatic heterocycles. The van der Waals surface area contributed by atoms with Crippen molar-refractivity contribution >= 4 is 29.2 Å². The predicted molar refractivity (Wildman–Crippen MR) is 274 cm³/mol. The Morgan fingerprint density at radius 2 is 1.58 bits per heavy atom. The molecule has 8 unspecified atom stereocenters. The van der Waals surface area contributed by atoms with Crippen LogP contribution in [-0.2, 0) is 47.7 Å². The van der Waals surface area contributed by atoms with Gasteiger partial charge in [-0.15, -0.1) is 0 Å². The summed E-state index contributed by atoms with van der Waals surface area (Å²) in [6.45, 7) is 13.9. The zero-order valence-corrected chi connectivity index (χ0v) is 44.9. The van der Waals surface area contributed by atoms with E-state index in [-0.39, 0.29) is 54.5 Å². The van der Waals surface area contributed by atoms with Crippen LogP contribution >= 0.6 is 0 Å². The van der Waals surface area contributed by atoms with E-state index < -0.39 is 77.6 Å². The lowest BCUT2D eigenvalue weighted by molar-refractivity contribution is -0.263. The number of piperidine rings is 2. The highest BCUT2D eigenvalue weighted by molar-refractivity contribution is 6.39. The third-order valence-corrected chi connectivity index (χ3v) is 16.8. The number of aliphatic hydroxyl groups is 3. The molecule has 5 heterocycles. The van der Waals surface area contributed by atoms with Gasteiger partial charge >= 0.3 is 5.97 Å². The Morgan fingerprint density at radius 1 is 0.847 bits per heavy atom. The molecule has 15 atom stereocenters. The van der Waals surface area contributed by atoms with Crippen LogP contribution in [-0.4, -0.2) is 145 Å². The number of methoxy groups -OCH3 is 2. The van der Waals surface area contributed by atoms with Crippen molar-refractivity contribution in [1.82, 2.24) is 10.2 Å². The zero-order chi connectivity index (χ0) is 52.7. The van der Waals surface area contributed by atoms with Crippen LogP contribution in [0.15, 0.2) is 47.6 Å². The second-order valence-corrected chi connectivity index (χ2v) is 22.0. The number of nitrogens with zero attached hydrogens (tertiary/aromatic N) is 1. The summed E-state index contributed by atoms with van der Waals surface area (Å²) < 4.78 is 30.7. The van der Waals surface area contributed by atoms with Crippen LogP contribution in [0.5, 0.6) is 0 Å². The van der Waals surface area contributed by atoms with Crippen molar-refractivity contribution in [2.45, 2.75) is 186 Å². The van der Waals surface area contributed by atoms with Crippen LogP contribution < -0.4 is 5.32 Å². The fourth-order valence-electron chi connectivity index (χ4n) is 12.4. The first-order valence-electron chi connectivity index (χ1n) is 27.2. The molecule has 406 valence electrons. The summed E-state index contributed by atoms with van der Waals surface area (Å²) in [5.74, 6) is -7.15. The van der Waals surface area contributed by atoms with Crippen molar-refractivity contribution in [2.24, 2.45) is 47.3 Å². The number of hydrogen-bond donors (Lipinski definition) is 4. The van der Waals surface area contributed by atoms with Crippen molar-refractivity contribution in [2.75, 3.05) is 47.6 Å². The second-order valence-electron chi connectivity index (χ2n) is 22.0. The summed E-state index contributed by atoms with van der Waals surface area (Å²) >= 11 is 0. The molecule has 72 heavy (non-hydrogen) atoms. The monoisotopic (exact) mass is 1010 g/mol. The number of hydrogen-bond acceptors (Lipinski definition) is 14. The topological polar surface area (TPSA) is 207 Å². The quantitative estimate of drug-likeness (QED) is 0.112. The maximum absolute atomic E-state index is 14.5. The van der Waals surface area contributed by atoms with Gasteiger partial charge in [0, 0.05) is 64.6 Å². The number of nitrogens with one attached hydrogen (secondary N) is 1. The van der Waals surface area contributed by atoms with Crippen LogP contribution in [0.4, 0.5) is 0 Å². The lowest BCUT2D eigenvalue weighted by atomic mass is 9.68. The molecule has 1 saturated carbocycles. The number of aliphatic hydroxyl groups excluding tert-OH is 2. The summed E-state index contributed by atoms with van der Waals surface area (Å²) in [5, 5.41) is 34.0. The molecule has 0 aromatic carbocycles. The minimum atomic E-state index is -2.36. The van der Waals surface area contributed by atoms with Gasteiger partial charge in [0.15, 0.2) is 5.78 Å². The Morgan fingerprint density at radius 3 is 2.29 bits per heavy atom. The average Bonchev–Trinajstić information content (AvgIpc) is 3.37. The van der Waals surface area contributed by atoms with E-state index in [2.05, 4.69) is 5.32 Å². The molecule has 1 amide bonds. The highest BCUT2D eigenvalue weighted by atomic mass is 16.6. The lowest BCUT2D eigenvalue weighted by Gasteiger charge is -2.50. The third kappa shape index (κ3) is 15.4. The van der Waals surface area contributed by atoms with Crippen molar-refractivity contribution in [3.8, 4) is 0 Å². The van der Waals surface area contributed by atoms with Crippen molar-refractivity contribution in [3.05, 3.63) is 47.6 Å². The summed E-state index contributed by atoms with van der Waals surface area (Å²) in [6, 6.07) is -1.08. The molecule has 15 nitrogen and oxygen atoms in total. The number of ketones is 3. The van der Waals surface area contributed by atoms with Crippen LogP contribution in [0.3, 0.4) is 0 Å². The number of amides is 1. The summed E-state index contributed by atoms with van der Waals surface area (Å²) in [7, 11) is 4.13.